The van der Waals surface area contributed by atoms with Crippen molar-refractivity contribution >= 4 is 17.4 Å². The van der Waals surface area contributed by atoms with Crippen LogP contribution in [0.15, 0.2) is 17.2 Å². The van der Waals surface area contributed by atoms with Gasteiger partial charge in [-0.2, -0.15) is 0 Å². The predicted octanol–water partition coefficient (Wildman–Crippen LogP) is 3.73. The fraction of sp³-hybridized carbons (Fsp3) is 0.643. The number of ether oxygens (including phenoxy) is 1. The van der Waals surface area contributed by atoms with Gasteiger partial charge in [0.15, 0.2) is 0 Å². The van der Waals surface area contributed by atoms with Crippen molar-refractivity contribution in [2.75, 3.05) is 12.3 Å². The minimum absolute atomic E-state index is 0.575. The first-order valence-corrected chi connectivity index (χ1v) is 7.63. The maximum atomic E-state index is 5.83. The number of thioether (sulfide) groups is 1. The molecule has 4 heteroatoms. The van der Waals surface area contributed by atoms with E-state index >= 15 is 0 Å². The van der Waals surface area contributed by atoms with Crippen LogP contribution in [0.3, 0.4) is 0 Å². The van der Waals surface area contributed by atoms with Crippen molar-refractivity contribution in [1.82, 2.24) is 4.98 Å². The molecule has 0 radical (unpaired) electrons. The van der Waals surface area contributed by atoms with Crippen LogP contribution in [0.2, 0.25) is 0 Å². The molecule has 0 aliphatic heterocycles. The molecule has 0 spiro atoms. The number of anilines is 1. The van der Waals surface area contributed by atoms with E-state index in [4.69, 9.17) is 10.5 Å². The Kier molecular flexibility index (Phi) is 4.75. The maximum Gasteiger partial charge on any atom is 0.238 e. The summed E-state index contributed by atoms with van der Waals surface area (Å²) in [6.45, 7) is 4.89. The number of hydrogen-bond donors (Lipinski definition) is 1. The molecule has 1 aliphatic rings. The van der Waals surface area contributed by atoms with Gasteiger partial charge in [0.25, 0.3) is 0 Å². The van der Waals surface area contributed by atoms with E-state index < -0.39 is 0 Å². The largest absolute Gasteiger partial charge is 0.476 e. The second-order valence-corrected chi connectivity index (χ2v) is 6.31. The molecule has 0 aromatic carbocycles. The molecule has 1 fully saturated rings. The molecule has 2 unspecified atom stereocenters. The Morgan fingerprint density at radius 1 is 1.44 bits per heavy atom. The fourth-order valence-corrected chi connectivity index (χ4v) is 3.74. The number of aromatic nitrogens is 1. The second-order valence-electron chi connectivity index (χ2n) is 4.99. The minimum Gasteiger partial charge on any atom is -0.476 e. The molecule has 1 aromatic heterocycles. The average Bonchev–Trinajstić information content (AvgIpc) is 2.34. The number of pyridine rings is 1. The van der Waals surface area contributed by atoms with Gasteiger partial charge < -0.3 is 10.5 Å². The van der Waals surface area contributed by atoms with E-state index in [0.29, 0.717) is 23.4 Å². The van der Waals surface area contributed by atoms with Crippen molar-refractivity contribution in [2.24, 2.45) is 5.92 Å². The summed E-state index contributed by atoms with van der Waals surface area (Å²) in [6.07, 6.45) is 5.30. The highest BCUT2D eigenvalue weighted by Gasteiger charge is 2.20. The lowest BCUT2D eigenvalue weighted by atomic mass is 9.91. The Morgan fingerprint density at radius 2 is 2.28 bits per heavy atom. The minimum atomic E-state index is 0.575. The lowest BCUT2D eigenvalue weighted by molar-refractivity contribution is 0.326. The molecule has 3 nitrogen and oxygen atoms in total. The van der Waals surface area contributed by atoms with Crippen molar-refractivity contribution in [3.05, 3.63) is 12.1 Å². The Morgan fingerprint density at radius 3 is 3.00 bits per heavy atom. The highest BCUT2D eigenvalue weighted by molar-refractivity contribution is 7.99. The molecule has 0 saturated heterocycles. The van der Waals surface area contributed by atoms with Gasteiger partial charge in [-0.15, -0.1) is 11.8 Å². The van der Waals surface area contributed by atoms with Gasteiger partial charge in [-0.3, -0.25) is 0 Å². The van der Waals surface area contributed by atoms with Crippen LogP contribution >= 0.6 is 11.8 Å². The quantitative estimate of drug-likeness (QED) is 0.902. The molecular weight excluding hydrogens is 244 g/mol. The molecule has 1 heterocycles. The molecule has 2 atom stereocenters. The zero-order valence-corrected chi connectivity index (χ0v) is 12.0. The molecule has 1 aromatic rings. The predicted molar refractivity (Wildman–Crippen MR) is 77.1 cm³/mol. The van der Waals surface area contributed by atoms with Crippen molar-refractivity contribution in [1.29, 1.82) is 0 Å². The molecule has 1 saturated carbocycles. The molecule has 100 valence electrons. The van der Waals surface area contributed by atoms with Crippen molar-refractivity contribution in [3.8, 4) is 5.88 Å². The normalized spacial score (nSPS) is 23.9. The monoisotopic (exact) mass is 266 g/mol. The molecule has 0 amide bonds. The van der Waals surface area contributed by atoms with Crippen LogP contribution in [0.25, 0.3) is 0 Å². The van der Waals surface area contributed by atoms with E-state index in [2.05, 4.69) is 11.9 Å². The van der Waals surface area contributed by atoms with Gasteiger partial charge in [-0.05, 0) is 37.8 Å². The molecule has 18 heavy (non-hydrogen) atoms. The summed E-state index contributed by atoms with van der Waals surface area (Å²) in [6, 6.07) is 3.90. The third-order valence-electron chi connectivity index (χ3n) is 3.32. The molecule has 2 rings (SSSR count). The maximum absolute atomic E-state index is 5.83. The SMILES string of the molecule is CCOc1nc(SC2CCCC(C)C2)ccc1N. The number of rotatable bonds is 4. The van der Waals surface area contributed by atoms with E-state index in [-0.39, 0.29) is 0 Å². The van der Waals surface area contributed by atoms with Gasteiger partial charge in [-0.1, -0.05) is 19.8 Å². The van der Waals surface area contributed by atoms with Crippen LogP contribution in [0.5, 0.6) is 5.88 Å². The summed E-state index contributed by atoms with van der Waals surface area (Å²) in [5.41, 5.74) is 6.46. The van der Waals surface area contributed by atoms with Crippen LogP contribution in [0.1, 0.15) is 39.5 Å². The first kappa shape index (κ1) is 13.5. The first-order chi connectivity index (χ1) is 8.69. The van der Waals surface area contributed by atoms with Gasteiger partial charge in [0.05, 0.1) is 12.3 Å². The average molecular weight is 266 g/mol. The van der Waals surface area contributed by atoms with E-state index in [9.17, 15) is 0 Å². The highest BCUT2D eigenvalue weighted by atomic mass is 32.2. The van der Waals surface area contributed by atoms with Crippen LogP contribution in [-0.4, -0.2) is 16.8 Å². The standard InChI is InChI=1S/C14H22N2OS/c1-3-17-14-12(15)7-8-13(16-14)18-11-6-4-5-10(2)9-11/h7-8,10-11H,3-6,9,15H2,1-2H3. The number of hydrogen-bond acceptors (Lipinski definition) is 4. The van der Waals surface area contributed by atoms with E-state index in [0.717, 1.165) is 10.9 Å². The van der Waals surface area contributed by atoms with Crippen LogP contribution in [0, 0.1) is 5.92 Å². The van der Waals surface area contributed by atoms with Gasteiger partial charge >= 0.3 is 0 Å². The Labute approximate surface area is 114 Å². The number of nitrogen functional groups attached to an aromatic ring is 1. The van der Waals surface area contributed by atoms with Gasteiger partial charge in [0.1, 0.15) is 5.03 Å². The summed E-state index contributed by atoms with van der Waals surface area (Å²) in [5.74, 6) is 1.42. The topological polar surface area (TPSA) is 48.1 Å². The van der Waals surface area contributed by atoms with Crippen LogP contribution in [0.4, 0.5) is 5.69 Å². The first-order valence-electron chi connectivity index (χ1n) is 6.75. The third-order valence-corrected chi connectivity index (χ3v) is 4.55. The molecule has 2 N–H and O–H groups in total. The zero-order chi connectivity index (χ0) is 13.0. The molecular formula is C14H22N2OS. The number of nitrogens with two attached hydrogens (primary N) is 1. The van der Waals surface area contributed by atoms with Crippen molar-refractivity contribution < 1.29 is 4.74 Å². The van der Waals surface area contributed by atoms with E-state index in [1.807, 2.05) is 30.8 Å². The van der Waals surface area contributed by atoms with Gasteiger partial charge in [0.2, 0.25) is 5.88 Å². The van der Waals surface area contributed by atoms with Gasteiger partial charge in [0, 0.05) is 5.25 Å². The smallest absolute Gasteiger partial charge is 0.238 e. The summed E-state index contributed by atoms with van der Waals surface area (Å²) >= 11 is 1.87. The zero-order valence-electron chi connectivity index (χ0n) is 11.2. The van der Waals surface area contributed by atoms with E-state index in [1.165, 1.54) is 25.7 Å². The summed E-state index contributed by atoms with van der Waals surface area (Å²) in [5, 5.41) is 1.73. The molecule has 0 bridgehead atoms. The lowest BCUT2D eigenvalue weighted by Crippen LogP contribution is -2.15. The lowest BCUT2D eigenvalue weighted by Gasteiger charge is -2.25. The van der Waals surface area contributed by atoms with Crippen LogP contribution in [-0.2, 0) is 0 Å². The Bertz CT molecular complexity index is 397. The van der Waals surface area contributed by atoms with Crippen molar-refractivity contribution in [3.63, 3.8) is 0 Å². The Hall–Kier alpha value is -0.900. The van der Waals surface area contributed by atoms with Crippen molar-refractivity contribution in [2.45, 2.75) is 49.8 Å². The third kappa shape index (κ3) is 3.55. The van der Waals surface area contributed by atoms with E-state index in [1.54, 1.807) is 0 Å². The Balaban J connectivity index is 2.02. The number of nitrogens with zero attached hydrogens (tertiary/aromatic N) is 1. The van der Waals surface area contributed by atoms with Gasteiger partial charge in [-0.25, -0.2) is 4.98 Å². The highest BCUT2D eigenvalue weighted by Crippen LogP contribution is 2.36. The fourth-order valence-electron chi connectivity index (χ4n) is 2.41. The summed E-state index contributed by atoms with van der Waals surface area (Å²) in [7, 11) is 0. The summed E-state index contributed by atoms with van der Waals surface area (Å²) in [4.78, 5) is 4.50. The summed E-state index contributed by atoms with van der Waals surface area (Å²) < 4.78 is 5.44. The van der Waals surface area contributed by atoms with Crippen LogP contribution < -0.4 is 10.5 Å². The molecule has 1 aliphatic carbocycles. The second kappa shape index (κ2) is 6.32.